The summed E-state index contributed by atoms with van der Waals surface area (Å²) in [5, 5.41) is 0. The number of nitrogens with zero attached hydrogens (tertiary/aromatic N) is 2. The summed E-state index contributed by atoms with van der Waals surface area (Å²) >= 11 is -1.77. The molecule has 0 amide bonds. The first-order valence-corrected chi connectivity index (χ1v) is 25.6. The van der Waals surface area contributed by atoms with Gasteiger partial charge < -0.3 is 9.80 Å². The van der Waals surface area contributed by atoms with E-state index in [0.717, 1.165) is 30.9 Å². The predicted molar refractivity (Wildman–Crippen MR) is 246 cm³/mol. The molecule has 0 bridgehead atoms. The second kappa shape index (κ2) is 20.9. The molecule has 0 aliphatic carbocycles. The van der Waals surface area contributed by atoms with E-state index in [1.54, 1.807) is 0 Å². The van der Waals surface area contributed by atoms with Crippen molar-refractivity contribution in [2.45, 2.75) is 45.3 Å². The van der Waals surface area contributed by atoms with Gasteiger partial charge in [-0.1, -0.05) is 169 Å². The minimum Gasteiger partial charge on any atom is -0.507 e. The van der Waals surface area contributed by atoms with Gasteiger partial charge in [0.15, 0.2) is 0 Å². The second-order valence-electron chi connectivity index (χ2n) is 15.1. The Morgan fingerprint density at radius 3 is 1.46 bits per heavy atom. The maximum absolute atomic E-state index is 5.82. The van der Waals surface area contributed by atoms with Crippen molar-refractivity contribution in [3.8, 4) is 5.75 Å². The summed E-state index contributed by atoms with van der Waals surface area (Å²) in [7, 11) is 11.6. The zero-order valence-corrected chi connectivity index (χ0v) is 37.1. The molecule has 6 heteroatoms. The van der Waals surface area contributed by atoms with Crippen LogP contribution in [0, 0.1) is 13.6 Å². The molecule has 59 heavy (non-hydrogen) atoms. The van der Waals surface area contributed by atoms with E-state index in [-0.39, 0.29) is 17.9 Å². The molecule has 0 atom stereocenters. The molecular formula is C53H51Cl2N2ORu-. The van der Waals surface area contributed by atoms with E-state index in [4.69, 9.17) is 24.1 Å². The number of rotatable bonds is 12. The number of hydrogen-bond acceptors (Lipinski definition) is 3. The molecule has 7 aromatic rings. The molecule has 3 nitrogen and oxygen atoms in total. The number of benzene rings is 7. The molecule has 0 spiro atoms. The van der Waals surface area contributed by atoms with Gasteiger partial charge in [0.25, 0.3) is 0 Å². The van der Waals surface area contributed by atoms with Crippen LogP contribution < -0.4 is 9.64 Å². The summed E-state index contributed by atoms with van der Waals surface area (Å²) in [4.78, 5) is 4.99. The first-order valence-electron chi connectivity index (χ1n) is 20.2. The van der Waals surface area contributed by atoms with Crippen molar-refractivity contribution < 1.29 is 18.3 Å². The number of hydrogen-bond donors (Lipinski definition) is 0. The minimum atomic E-state index is -1.77. The SMILES string of the molecule is CC(C)Oc1ccccc1[CH]=[Ru]([Cl])[Cl].Cc1cc(C(c2ccccc2)c2ccccc2)c(N2[CH-]N(Cc3ccccc3)CC2)c(C(c2ccccc2)c2ccccc2)c1. The fourth-order valence-electron chi connectivity index (χ4n) is 7.96. The maximum atomic E-state index is 5.82. The van der Waals surface area contributed by atoms with Crippen LogP contribution in [-0.4, -0.2) is 28.7 Å². The fourth-order valence-corrected chi connectivity index (χ4v) is 9.76. The third-order valence-corrected chi connectivity index (χ3v) is 12.2. The predicted octanol–water partition coefficient (Wildman–Crippen LogP) is 13.3. The van der Waals surface area contributed by atoms with Gasteiger partial charge in [-0.2, -0.15) is 6.67 Å². The molecular weight excluding hydrogens is 853 g/mol. The summed E-state index contributed by atoms with van der Waals surface area (Å²) in [6.07, 6.45) is 0.163. The number of aryl methyl sites for hydroxylation is 1. The maximum Gasteiger partial charge on any atom is 0.0359 e. The molecule has 1 fully saturated rings. The molecule has 8 rings (SSSR count). The zero-order chi connectivity index (χ0) is 41.0. The Bertz CT molecular complexity index is 2210. The van der Waals surface area contributed by atoms with Crippen LogP contribution in [0.1, 0.15) is 75.8 Å². The van der Waals surface area contributed by atoms with Gasteiger partial charge in [0.2, 0.25) is 0 Å². The van der Waals surface area contributed by atoms with E-state index in [1.807, 2.05) is 42.7 Å². The van der Waals surface area contributed by atoms with Crippen LogP contribution in [0.4, 0.5) is 5.69 Å². The molecule has 1 heterocycles. The third-order valence-electron chi connectivity index (χ3n) is 10.4. The van der Waals surface area contributed by atoms with E-state index < -0.39 is 13.5 Å². The van der Waals surface area contributed by atoms with E-state index >= 15 is 0 Å². The zero-order valence-electron chi connectivity index (χ0n) is 33.8. The largest absolute Gasteiger partial charge is 0.507 e. The average molecular weight is 904 g/mol. The van der Waals surface area contributed by atoms with E-state index in [9.17, 15) is 0 Å². The molecule has 1 saturated heterocycles. The average Bonchev–Trinajstić information content (AvgIpc) is 3.71. The molecule has 7 aromatic carbocycles. The smallest absolute Gasteiger partial charge is 0.0359 e. The van der Waals surface area contributed by atoms with Crippen LogP contribution in [0.5, 0.6) is 5.75 Å². The van der Waals surface area contributed by atoms with Gasteiger partial charge in [-0.15, -0.1) is 0 Å². The quantitative estimate of drug-likeness (QED) is 0.0690. The normalized spacial score (nSPS) is 13.0. The summed E-state index contributed by atoms with van der Waals surface area (Å²) in [5.74, 6) is 1.03. The van der Waals surface area contributed by atoms with Crippen molar-refractivity contribution in [2.75, 3.05) is 18.0 Å². The third kappa shape index (κ3) is 11.3. The van der Waals surface area contributed by atoms with Crippen LogP contribution in [0.2, 0.25) is 0 Å². The van der Waals surface area contributed by atoms with Gasteiger partial charge in [0.05, 0.1) is 0 Å². The summed E-state index contributed by atoms with van der Waals surface area (Å²) < 4.78 is 7.51. The Kier molecular flexibility index (Phi) is 15.0. The molecule has 0 radical (unpaired) electrons. The van der Waals surface area contributed by atoms with Gasteiger partial charge in [0, 0.05) is 24.1 Å². The van der Waals surface area contributed by atoms with Crippen molar-refractivity contribution in [1.29, 1.82) is 0 Å². The summed E-state index contributed by atoms with van der Waals surface area (Å²) in [5.41, 5.74) is 12.8. The molecule has 0 unspecified atom stereocenters. The van der Waals surface area contributed by atoms with Crippen molar-refractivity contribution in [1.82, 2.24) is 4.90 Å². The standard InChI is InChI=1S/C43H39N2.C10H12O.2ClH.Ru/c1-33-29-39(41(35-19-9-3-10-20-35)36-21-11-4-12-22-36)43(45-28-27-44(32-45)31-34-17-7-2-8-18-34)40(30-33)42(37-23-13-5-14-24-37)38-25-15-6-16-26-38;1-8(2)11-10-7-5-4-6-9(10)3;;;/h2-26,29-30,32,41-42H,27-28,31H2,1H3;3-8H,1-2H3;2*1H;/q-1;;;;+2/p-2. The monoisotopic (exact) mass is 903 g/mol. The Labute approximate surface area is 364 Å². The molecule has 0 aromatic heterocycles. The van der Waals surface area contributed by atoms with Crippen molar-refractivity contribution in [2.24, 2.45) is 0 Å². The van der Waals surface area contributed by atoms with Crippen molar-refractivity contribution in [3.05, 3.63) is 245 Å². The van der Waals surface area contributed by atoms with Gasteiger partial charge in [-0.3, -0.25) is 0 Å². The van der Waals surface area contributed by atoms with Crippen LogP contribution >= 0.6 is 19.4 Å². The van der Waals surface area contributed by atoms with E-state index in [1.165, 1.54) is 50.2 Å². The number of ether oxygens (including phenoxy) is 1. The Morgan fingerprint density at radius 1 is 0.593 bits per heavy atom. The molecule has 0 saturated carbocycles. The second-order valence-corrected chi connectivity index (χ2v) is 20.8. The number of anilines is 1. The first kappa shape index (κ1) is 42.3. The van der Waals surface area contributed by atoms with Gasteiger partial charge in [0.1, 0.15) is 0 Å². The topological polar surface area (TPSA) is 15.7 Å². The van der Waals surface area contributed by atoms with Gasteiger partial charge >= 0.3 is 97.8 Å². The van der Waals surface area contributed by atoms with Crippen LogP contribution in [0.3, 0.4) is 0 Å². The molecule has 302 valence electrons. The number of para-hydroxylation sites is 1. The Balaban J connectivity index is 0.000000321. The van der Waals surface area contributed by atoms with Gasteiger partial charge in [-0.25, -0.2) is 0 Å². The summed E-state index contributed by atoms with van der Waals surface area (Å²) in [6.45, 7) is 11.4. The Morgan fingerprint density at radius 2 is 1.02 bits per heavy atom. The van der Waals surface area contributed by atoms with E-state index in [2.05, 4.69) is 187 Å². The van der Waals surface area contributed by atoms with Gasteiger partial charge in [-0.05, 0) is 59.0 Å². The summed E-state index contributed by atoms with van der Waals surface area (Å²) in [6, 6.07) is 67.5. The van der Waals surface area contributed by atoms with Crippen molar-refractivity contribution >= 4 is 29.7 Å². The first-order chi connectivity index (χ1) is 28.8. The van der Waals surface area contributed by atoms with Crippen LogP contribution in [-0.2, 0) is 20.1 Å². The van der Waals surface area contributed by atoms with Crippen molar-refractivity contribution in [3.63, 3.8) is 0 Å². The minimum absolute atomic E-state index is 0.0878. The van der Waals surface area contributed by atoms with Crippen LogP contribution in [0.15, 0.2) is 188 Å². The molecule has 1 aliphatic rings. The fraction of sp³-hybridized carbons (Fsp3) is 0.170. The number of halogens is 2. The van der Waals surface area contributed by atoms with Crippen LogP contribution in [0.25, 0.3) is 0 Å². The van der Waals surface area contributed by atoms with E-state index in [0.29, 0.717) is 0 Å². The molecule has 0 N–H and O–H groups in total. The Hall–Kier alpha value is -4.83. The molecule has 1 aliphatic heterocycles.